The summed E-state index contributed by atoms with van der Waals surface area (Å²) in [4.78, 5) is 2.34. The first-order chi connectivity index (χ1) is 14.2. The van der Waals surface area contributed by atoms with Crippen molar-refractivity contribution in [2.45, 2.75) is 39.3 Å². The van der Waals surface area contributed by atoms with Gasteiger partial charge in [0.1, 0.15) is 17.0 Å². The van der Waals surface area contributed by atoms with Crippen LogP contribution in [-0.2, 0) is 13.0 Å². The number of rotatable bonds is 4. The van der Waals surface area contributed by atoms with Gasteiger partial charge in [-0.2, -0.15) is 0 Å². The van der Waals surface area contributed by atoms with Crippen molar-refractivity contribution in [3.63, 3.8) is 0 Å². The highest BCUT2D eigenvalue weighted by atomic mass is 16.5. The molecule has 0 amide bonds. The van der Waals surface area contributed by atoms with E-state index < -0.39 is 0 Å². The van der Waals surface area contributed by atoms with Crippen molar-refractivity contribution in [3.05, 3.63) is 71.8 Å². The first-order valence-corrected chi connectivity index (χ1v) is 9.89. The summed E-state index contributed by atoms with van der Waals surface area (Å²) in [5, 5.41) is 12.8. The number of hydrogen-bond donors (Lipinski definition) is 0. The molecule has 4 aromatic rings. The number of hydrogen-bond acceptors (Lipinski definition) is 6. The second-order valence-corrected chi connectivity index (χ2v) is 7.47. The van der Waals surface area contributed by atoms with E-state index in [2.05, 4.69) is 51.4 Å². The summed E-state index contributed by atoms with van der Waals surface area (Å²) >= 11 is 0. The zero-order valence-electron chi connectivity index (χ0n) is 16.5. The monoisotopic (exact) mass is 386 g/mol. The molecule has 1 aliphatic heterocycles. The van der Waals surface area contributed by atoms with Gasteiger partial charge in [-0.05, 0) is 38.3 Å². The number of nitrogens with zero attached hydrogens (tertiary/aromatic N) is 4. The summed E-state index contributed by atoms with van der Waals surface area (Å²) in [5.74, 6) is 1.69. The fourth-order valence-corrected chi connectivity index (χ4v) is 3.98. The Kier molecular flexibility index (Phi) is 4.39. The summed E-state index contributed by atoms with van der Waals surface area (Å²) in [6.07, 6.45) is 2.21. The van der Waals surface area contributed by atoms with Crippen LogP contribution in [0.3, 0.4) is 0 Å². The maximum absolute atomic E-state index is 6.07. The first kappa shape index (κ1) is 17.7. The van der Waals surface area contributed by atoms with Gasteiger partial charge in [0.05, 0.1) is 6.54 Å². The van der Waals surface area contributed by atoms with Crippen LogP contribution in [0.15, 0.2) is 63.5 Å². The van der Waals surface area contributed by atoms with Gasteiger partial charge in [-0.25, -0.2) is 0 Å². The van der Waals surface area contributed by atoms with Crippen molar-refractivity contribution in [2.75, 3.05) is 4.90 Å². The zero-order valence-corrected chi connectivity index (χ0v) is 16.5. The molecular weight excluding hydrogens is 364 g/mol. The van der Waals surface area contributed by atoms with Crippen LogP contribution in [0.2, 0.25) is 0 Å². The van der Waals surface area contributed by atoms with E-state index in [0.29, 0.717) is 30.1 Å². The molecule has 29 heavy (non-hydrogen) atoms. The molecule has 1 atom stereocenters. The molecule has 2 aromatic carbocycles. The standard InChI is InChI=1S/C23H22N4O2/c1-15-12-13-17-8-6-7-11-19(17)27(15)14-20-24-25-23(28-20)21-16(2)29-26-22(21)18-9-4-3-5-10-18/h3-11,15H,12-14H2,1-2H3/t15-/m1/s1. The lowest BCUT2D eigenvalue weighted by Gasteiger charge is -2.36. The van der Waals surface area contributed by atoms with Crippen LogP contribution in [0, 0.1) is 6.92 Å². The van der Waals surface area contributed by atoms with Gasteiger partial charge >= 0.3 is 0 Å². The van der Waals surface area contributed by atoms with Crippen LogP contribution in [0.5, 0.6) is 0 Å². The molecule has 0 saturated carbocycles. The number of aryl methyl sites for hydroxylation is 2. The highest BCUT2D eigenvalue weighted by Crippen LogP contribution is 2.35. The minimum absolute atomic E-state index is 0.414. The Hall–Kier alpha value is -3.41. The van der Waals surface area contributed by atoms with Crippen LogP contribution in [0.4, 0.5) is 5.69 Å². The topological polar surface area (TPSA) is 68.2 Å². The van der Waals surface area contributed by atoms with E-state index in [9.17, 15) is 0 Å². The van der Waals surface area contributed by atoms with Gasteiger partial charge in [0.15, 0.2) is 0 Å². The Labute approximate surface area is 169 Å². The van der Waals surface area contributed by atoms with Gasteiger partial charge < -0.3 is 13.8 Å². The fourth-order valence-electron chi connectivity index (χ4n) is 3.98. The molecule has 0 N–H and O–H groups in total. The largest absolute Gasteiger partial charge is 0.419 e. The van der Waals surface area contributed by atoms with Crippen LogP contribution in [-0.4, -0.2) is 21.4 Å². The molecule has 0 bridgehead atoms. The van der Waals surface area contributed by atoms with Crippen LogP contribution in [0.25, 0.3) is 22.7 Å². The Morgan fingerprint density at radius 1 is 1.03 bits per heavy atom. The third kappa shape index (κ3) is 3.20. The predicted octanol–water partition coefficient (Wildman–Crippen LogP) is 5.04. The number of fused-ring (bicyclic) bond motifs is 1. The summed E-state index contributed by atoms with van der Waals surface area (Å²) in [6.45, 7) is 4.68. The second kappa shape index (κ2) is 7.20. The third-order valence-electron chi connectivity index (χ3n) is 5.56. The predicted molar refractivity (Wildman–Crippen MR) is 110 cm³/mol. The minimum atomic E-state index is 0.414. The number of benzene rings is 2. The molecule has 0 aliphatic carbocycles. The van der Waals surface area contributed by atoms with E-state index in [1.54, 1.807) is 0 Å². The van der Waals surface area contributed by atoms with Crippen molar-refractivity contribution in [1.29, 1.82) is 0 Å². The molecule has 1 aliphatic rings. The molecule has 0 fully saturated rings. The Morgan fingerprint density at radius 2 is 1.83 bits per heavy atom. The molecule has 6 heteroatoms. The third-order valence-corrected chi connectivity index (χ3v) is 5.56. The lowest BCUT2D eigenvalue weighted by atomic mass is 9.97. The lowest BCUT2D eigenvalue weighted by Crippen LogP contribution is -2.36. The molecule has 3 heterocycles. The summed E-state index contributed by atoms with van der Waals surface area (Å²) in [6, 6.07) is 18.8. The van der Waals surface area contributed by atoms with Crippen LogP contribution >= 0.6 is 0 Å². The summed E-state index contributed by atoms with van der Waals surface area (Å²) < 4.78 is 11.5. The SMILES string of the molecule is Cc1onc(-c2ccccc2)c1-c1nnc(CN2c3ccccc3CC[C@H]2C)o1. The maximum atomic E-state index is 6.07. The molecule has 5 rings (SSSR count). The normalized spacial score (nSPS) is 16.1. The van der Waals surface area contributed by atoms with Gasteiger partial charge in [-0.1, -0.05) is 53.7 Å². The first-order valence-electron chi connectivity index (χ1n) is 9.89. The van der Waals surface area contributed by atoms with Gasteiger partial charge in [0, 0.05) is 17.3 Å². The smallest absolute Gasteiger partial charge is 0.253 e. The molecule has 0 spiro atoms. The number of anilines is 1. The van der Waals surface area contributed by atoms with Gasteiger partial charge in [0.25, 0.3) is 5.89 Å². The minimum Gasteiger partial charge on any atom is -0.419 e. The van der Waals surface area contributed by atoms with Crippen molar-refractivity contribution in [1.82, 2.24) is 15.4 Å². The van der Waals surface area contributed by atoms with E-state index in [0.717, 1.165) is 29.7 Å². The van der Waals surface area contributed by atoms with E-state index in [1.807, 2.05) is 37.3 Å². The summed E-state index contributed by atoms with van der Waals surface area (Å²) in [5.41, 5.74) is 5.04. The van der Waals surface area contributed by atoms with E-state index in [-0.39, 0.29) is 0 Å². The lowest BCUT2D eigenvalue weighted by molar-refractivity contribution is 0.399. The molecular formula is C23H22N4O2. The van der Waals surface area contributed by atoms with Crippen molar-refractivity contribution in [2.24, 2.45) is 0 Å². The van der Waals surface area contributed by atoms with Crippen molar-refractivity contribution < 1.29 is 8.94 Å². The van der Waals surface area contributed by atoms with Gasteiger partial charge in [0.2, 0.25) is 5.89 Å². The number of aromatic nitrogens is 3. The van der Waals surface area contributed by atoms with E-state index >= 15 is 0 Å². The maximum Gasteiger partial charge on any atom is 0.253 e. The zero-order chi connectivity index (χ0) is 19.8. The van der Waals surface area contributed by atoms with E-state index in [4.69, 9.17) is 8.94 Å². The summed E-state index contributed by atoms with van der Waals surface area (Å²) in [7, 11) is 0. The van der Waals surface area contributed by atoms with Crippen molar-refractivity contribution in [3.8, 4) is 22.7 Å². The Bertz CT molecular complexity index is 1130. The molecule has 6 nitrogen and oxygen atoms in total. The average Bonchev–Trinajstić information content (AvgIpc) is 3.37. The van der Waals surface area contributed by atoms with Gasteiger partial charge in [-0.3, -0.25) is 0 Å². The molecule has 0 saturated heterocycles. The Morgan fingerprint density at radius 3 is 2.69 bits per heavy atom. The molecule has 0 unspecified atom stereocenters. The van der Waals surface area contributed by atoms with Gasteiger partial charge in [-0.15, -0.1) is 10.2 Å². The van der Waals surface area contributed by atoms with Crippen LogP contribution < -0.4 is 4.90 Å². The number of para-hydroxylation sites is 1. The molecule has 146 valence electrons. The Balaban J connectivity index is 1.47. The second-order valence-electron chi connectivity index (χ2n) is 7.47. The molecule has 2 aromatic heterocycles. The molecule has 0 radical (unpaired) electrons. The fraction of sp³-hybridized carbons (Fsp3) is 0.261. The highest BCUT2D eigenvalue weighted by Gasteiger charge is 2.26. The highest BCUT2D eigenvalue weighted by molar-refractivity contribution is 5.77. The van der Waals surface area contributed by atoms with E-state index in [1.165, 1.54) is 11.3 Å². The van der Waals surface area contributed by atoms with Crippen molar-refractivity contribution >= 4 is 5.69 Å². The van der Waals surface area contributed by atoms with Crippen LogP contribution in [0.1, 0.15) is 30.6 Å². The quantitative estimate of drug-likeness (QED) is 0.489. The average molecular weight is 386 g/mol.